The Balaban J connectivity index is 3.56. The van der Waals surface area contributed by atoms with Crippen molar-refractivity contribution in [3.8, 4) is 5.75 Å². The summed E-state index contributed by atoms with van der Waals surface area (Å²) >= 11 is 0. The third-order valence-electron chi connectivity index (χ3n) is 1.78. The number of phenols is 1. The highest BCUT2D eigenvalue weighted by Gasteiger charge is 2.28. The molecule has 0 aliphatic carbocycles. The molecule has 0 aromatic heterocycles. The van der Waals surface area contributed by atoms with E-state index in [1.165, 1.54) is 13.8 Å². The minimum atomic E-state index is -1.40. The fourth-order valence-corrected chi connectivity index (χ4v) is 1.16. The first kappa shape index (κ1) is 10.8. The molecular weight excluding hydrogens is 195 g/mol. The number of aromatic hydroxyl groups is 1. The highest BCUT2D eigenvalue weighted by Crippen LogP contribution is 2.30. The molecule has 0 heterocycles. The fraction of sp³-hybridized carbons (Fsp3) is 0.333. The normalized spacial score (nSPS) is 11.9. The van der Waals surface area contributed by atoms with Crippen LogP contribution in [0.5, 0.6) is 5.75 Å². The van der Waals surface area contributed by atoms with Gasteiger partial charge in [-0.15, -0.1) is 0 Å². The Hall–Kier alpha value is -1.23. The second-order valence-electron chi connectivity index (χ2n) is 3.60. The molecule has 14 heavy (non-hydrogen) atoms. The van der Waals surface area contributed by atoms with E-state index in [1.54, 1.807) is 0 Å². The molecule has 2 nitrogen and oxygen atoms in total. The van der Waals surface area contributed by atoms with Crippen molar-refractivity contribution in [2.24, 2.45) is 5.73 Å². The molecule has 3 N–H and O–H groups in total. The van der Waals surface area contributed by atoms with Crippen molar-refractivity contribution in [3.63, 3.8) is 0 Å². The number of benzene rings is 1. The molecule has 5 heteroatoms. The Morgan fingerprint density at radius 1 is 1.21 bits per heavy atom. The van der Waals surface area contributed by atoms with Gasteiger partial charge in [0, 0.05) is 17.2 Å². The second kappa shape index (κ2) is 3.16. The molecule has 1 aromatic carbocycles. The van der Waals surface area contributed by atoms with E-state index in [0.717, 1.165) is 0 Å². The third kappa shape index (κ3) is 1.68. The van der Waals surface area contributed by atoms with E-state index in [0.29, 0.717) is 6.07 Å². The summed E-state index contributed by atoms with van der Waals surface area (Å²) in [6.07, 6.45) is 0. The summed E-state index contributed by atoms with van der Waals surface area (Å²) in [6, 6.07) is 0.375. The van der Waals surface area contributed by atoms with Gasteiger partial charge in [-0.25, -0.2) is 13.2 Å². The maximum atomic E-state index is 13.2. The zero-order valence-electron chi connectivity index (χ0n) is 7.74. The maximum Gasteiger partial charge on any atom is 0.172 e. The predicted molar refractivity (Wildman–Crippen MR) is 45.2 cm³/mol. The Kier molecular flexibility index (Phi) is 2.45. The summed E-state index contributed by atoms with van der Waals surface area (Å²) in [7, 11) is 0. The zero-order chi connectivity index (χ0) is 11.1. The van der Waals surface area contributed by atoms with Crippen LogP contribution in [0.3, 0.4) is 0 Å². The Labute approximate surface area is 79.2 Å². The zero-order valence-corrected chi connectivity index (χ0v) is 7.74. The molecule has 0 saturated carbocycles. The van der Waals surface area contributed by atoms with E-state index in [1.807, 2.05) is 0 Å². The highest BCUT2D eigenvalue weighted by molar-refractivity contribution is 5.36. The standard InChI is InChI=1S/C9H10F3NO/c1-9(2,13)6-7(11)4(10)3-5(14)8(6)12/h3,14H,13H2,1-2H3. The molecule has 1 rings (SSSR count). The molecule has 78 valence electrons. The van der Waals surface area contributed by atoms with Gasteiger partial charge in [-0.2, -0.15) is 0 Å². The van der Waals surface area contributed by atoms with Gasteiger partial charge in [0.15, 0.2) is 23.2 Å². The molecular formula is C9H10F3NO. The van der Waals surface area contributed by atoms with E-state index in [2.05, 4.69) is 0 Å². The molecule has 0 aliphatic heterocycles. The largest absolute Gasteiger partial charge is 0.505 e. The smallest absolute Gasteiger partial charge is 0.172 e. The van der Waals surface area contributed by atoms with Gasteiger partial charge in [-0.3, -0.25) is 0 Å². The van der Waals surface area contributed by atoms with Crippen LogP contribution < -0.4 is 5.73 Å². The molecule has 1 aromatic rings. The van der Waals surface area contributed by atoms with E-state index < -0.39 is 34.3 Å². The Morgan fingerprint density at radius 2 is 1.71 bits per heavy atom. The van der Waals surface area contributed by atoms with Gasteiger partial charge in [0.05, 0.1) is 0 Å². The Morgan fingerprint density at radius 3 is 2.14 bits per heavy atom. The number of hydrogen-bond acceptors (Lipinski definition) is 2. The summed E-state index contributed by atoms with van der Waals surface area (Å²) in [5.41, 5.74) is 3.39. The summed E-state index contributed by atoms with van der Waals surface area (Å²) in [6.45, 7) is 2.63. The van der Waals surface area contributed by atoms with Gasteiger partial charge in [0.2, 0.25) is 0 Å². The van der Waals surface area contributed by atoms with Gasteiger partial charge < -0.3 is 10.8 Å². The minimum absolute atomic E-state index is 0.375. The lowest BCUT2D eigenvalue weighted by Gasteiger charge is -2.21. The molecule has 0 fully saturated rings. The van der Waals surface area contributed by atoms with Crippen LogP contribution in [0.25, 0.3) is 0 Å². The van der Waals surface area contributed by atoms with Crippen molar-refractivity contribution >= 4 is 0 Å². The Bertz CT molecular complexity index is 345. The van der Waals surface area contributed by atoms with Gasteiger partial charge >= 0.3 is 0 Å². The number of rotatable bonds is 1. The van der Waals surface area contributed by atoms with Crippen molar-refractivity contribution in [1.82, 2.24) is 0 Å². The van der Waals surface area contributed by atoms with Crippen LogP contribution in [0.2, 0.25) is 0 Å². The molecule has 0 unspecified atom stereocenters. The lowest BCUT2D eigenvalue weighted by atomic mass is 9.94. The topological polar surface area (TPSA) is 46.2 Å². The van der Waals surface area contributed by atoms with E-state index in [4.69, 9.17) is 10.8 Å². The van der Waals surface area contributed by atoms with Crippen LogP contribution in [0.15, 0.2) is 6.07 Å². The fourth-order valence-electron chi connectivity index (χ4n) is 1.16. The molecule has 0 radical (unpaired) electrons. The summed E-state index contributed by atoms with van der Waals surface area (Å²) in [5, 5.41) is 8.93. The first-order valence-corrected chi connectivity index (χ1v) is 3.91. The van der Waals surface area contributed by atoms with E-state index in [-0.39, 0.29) is 0 Å². The number of nitrogens with two attached hydrogens (primary N) is 1. The number of hydrogen-bond donors (Lipinski definition) is 2. The SMILES string of the molecule is CC(C)(N)c1c(F)c(O)cc(F)c1F. The van der Waals surface area contributed by atoms with Crippen LogP contribution in [-0.4, -0.2) is 5.11 Å². The molecule has 0 atom stereocenters. The van der Waals surface area contributed by atoms with Crippen molar-refractivity contribution < 1.29 is 18.3 Å². The number of phenolic OH excluding ortho intramolecular Hbond substituents is 1. The van der Waals surface area contributed by atoms with Gasteiger partial charge in [-0.05, 0) is 13.8 Å². The quantitative estimate of drug-likeness (QED) is 0.689. The van der Waals surface area contributed by atoms with Crippen LogP contribution in [0.1, 0.15) is 19.4 Å². The van der Waals surface area contributed by atoms with Crippen molar-refractivity contribution in [1.29, 1.82) is 0 Å². The average Bonchev–Trinajstić information content (AvgIpc) is 1.98. The van der Waals surface area contributed by atoms with Gasteiger partial charge in [0.25, 0.3) is 0 Å². The monoisotopic (exact) mass is 205 g/mol. The predicted octanol–water partition coefficient (Wildman–Crippen LogP) is 2.00. The average molecular weight is 205 g/mol. The molecule has 0 saturated heterocycles. The molecule has 0 aliphatic rings. The van der Waals surface area contributed by atoms with Crippen molar-refractivity contribution in [2.45, 2.75) is 19.4 Å². The lowest BCUT2D eigenvalue weighted by molar-refractivity contribution is 0.380. The third-order valence-corrected chi connectivity index (χ3v) is 1.78. The minimum Gasteiger partial charge on any atom is -0.505 e. The first-order chi connectivity index (χ1) is 6.25. The van der Waals surface area contributed by atoms with E-state index >= 15 is 0 Å². The summed E-state index contributed by atoms with van der Waals surface area (Å²) in [4.78, 5) is 0. The van der Waals surface area contributed by atoms with Gasteiger partial charge in [0.1, 0.15) is 0 Å². The van der Waals surface area contributed by atoms with Crippen molar-refractivity contribution in [2.75, 3.05) is 0 Å². The summed E-state index contributed by atoms with van der Waals surface area (Å²) < 4.78 is 39.1. The highest BCUT2D eigenvalue weighted by atomic mass is 19.2. The van der Waals surface area contributed by atoms with Crippen LogP contribution in [-0.2, 0) is 5.54 Å². The van der Waals surface area contributed by atoms with Crippen LogP contribution >= 0.6 is 0 Å². The molecule has 0 spiro atoms. The van der Waals surface area contributed by atoms with Crippen LogP contribution in [0.4, 0.5) is 13.2 Å². The van der Waals surface area contributed by atoms with Crippen molar-refractivity contribution in [3.05, 3.63) is 29.1 Å². The lowest BCUT2D eigenvalue weighted by Crippen LogP contribution is -2.31. The first-order valence-electron chi connectivity index (χ1n) is 3.91. The van der Waals surface area contributed by atoms with Gasteiger partial charge in [-0.1, -0.05) is 0 Å². The second-order valence-corrected chi connectivity index (χ2v) is 3.60. The van der Waals surface area contributed by atoms with Crippen LogP contribution in [0, 0.1) is 17.5 Å². The molecule has 0 bridgehead atoms. The molecule has 0 amide bonds. The summed E-state index contributed by atoms with van der Waals surface area (Å²) in [5.74, 6) is -4.86. The number of halogens is 3. The van der Waals surface area contributed by atoms with E-state index in [9.17, 15) is 13.2 Å². The maximum absolute atomic E-state index is 13.2.